The molecular weight excluding hydrogens is 383 g/mol. The van der Waals surface area contributed by atoms with E-state index in [1.807, 2.05) is 0 Å². The zero-order valence-corrected chi connectivity index (χ0v) is 15.7. The quantitative estimate of drug-likeness (QED) is 0.698. The number of rotatable bonds is 5. The molecule has 0 aliphatic heterocycles. The van der Waals surface area contributed by atoms with Crippen LogP contribution in [0.25, 0.3) is 11.9 Å². The monoisotopic (exact) mass is 401 g/mol. The molecule has 1 amide bonds. The lowest BCUT2D eigenvalue weighted by Gasteiger charge is -2.15. The SMILES string of the molecule is C=Cc1nc(C(C)NC(=O)c2cc(C)cc(C(F)(F)F)c2)n(-c2ccccn2)n1. The molecular formula is C20H18F3N5O. The first-order chi connectivity index (χ1) is 13.7. The minimum Gasteiger partial charge on any atom is -0.342 e. The van der Waals surface area contributed by atoms with Gasteiger partial charge in [0.1, 0.15) is 0 Å². The summed E-state index contributed by atoms with van der Waals surface area (Å²) in [6.07, 6.45) is -1.50. The Morgan fingerprint density at radius 1 is 1.28 bits per heavy atom. The van der Waals surface area contributed by atoms with Crippen molar-refractivity contribution in [3.05, 3.63) is 77.5 Å². The first-order valence-electron chi connectivity index (χ1n) is 8.69. The van der Waals surface area contributed by atoms with Crippen molar-refractivity contribution in [3.8, 4) is 5.82 Å². The zero-order valence-electron chi connectivity index (χ0n) is 15.7. The van der Waals surface area contributed by atoms with Crippen LogP contribution in [-0.4, -0.2) is 25.7 Å². The average Bonchev–Trinajstić information content (AvgIpc) is 3.12. The molecule has 2 aromatic heterocycles. The van der Waals surface area contributed by atoms with Crippen molar-refractivity contribution < 1.29 is 18.0 Å². The first-order valence-corrected chi connectivity index (χ1v) is 8.69. The van der Waals surface area contributed by atoms with Gasteiger partial charge in [-0.15, -0.1) is 5.10 Å². The van der Waals surface area contributed by atoms with E-state index in [2.05, 4.69) is 27.0 Å². The van der Waals surface area contributed by atoms with Crippen molar-refractivity contribution in [2.24, 2.45) is 0 Å². The zero-order chi connectivity index (χ0) is 21.2. The number of hydrogen-bond acceptors (Lipinski definition) is 4. The number of carbonyl (C=O) groups excluding carboxylic acids is 1. The van der Waals surface area contributed by atoms with Gasteiger partial charge in [-0.1, -0.05) is 12.6 Å². The van der Waals surface area contributed by atoms with Crippen LogP contribution in [0.5, 0.6) is 0 Å². The van der Waals surface area contributed by atoms with Crippen LogP contribution in [0.3, 0.4) is 0 Å². The third-order valence-electron chi connectivity index (χ3n) is 4.10. The lowest BCUT2D eigenvalue weighted by molar-refractivity contribution is -0.137. The molecule has 3 rings (SSSR count). The Kier molecular flexibility index (Phi) is 5.49. The van der Waals surface area contributed by atoms with Crippen molar-refractivity contribution >= 4 is 12.0 Å². The molecule has 9 heteroatoms. The number of nitrogens with zero attached hydrogens (tertiary/aromatic N) is 4. The van der Waals surface area contributed by atoms with E-state index in [0.29, 0.717) is 23.0 Å². The maximum atomic E-state index is 13.1. The Morgan fingerprint density at radius 2 is 2.03 bits per heavy atom. The number of aromatic nitrogens is 4. The van der Waals surface area contributed by atoms with Gasteiger partial charge in [-0.05, 0) is 55.8 Å². The van der Waals surface area contributed by atoms with E-state index >= 15 is 0 Å². The number of alkyl halides is 3. The third kappa shape index (κ3) is 4.50. The average molecular weight is 401 g/mol. The van der Waals surface area contributed by atoms with Crippen LogP contribution in [0.4, 0.5) is 13.2 Å². The van der Waals surface area contributed by atoms with Crippen molar-refractivity contribution in [3.63, 3.8) is 0 Å². The predicted molar refractivity (Wildman–Crippen MR) is 101 cm³/mol. The molecule has 0 saturated carbocycles. The van der Waals surface area contributed by atoms with Crippen LogP contribution in [0.1, 0.15) is 46.1 Å². The third-order valence-corrected chi connectivity index (χ3v) is 4.10. The topological polar surface area (TPSA) is 72.7 Å². The highest BCUT2D eigenvalue weighted by molar-refractivity contribution is 5.94. The molecule has 3 aromatic rings. The normalized spacial score (nSPS) is 12.4. The second-order valence-electron chi connectivity index (χ2n) is 6.41. The number of amides is 1. The Bertz CT molecular complexity index is 1040. The summed E-state index contributed by atoms with van der Waals surface area (Å²) < 4.78 is 40.6. The summed E-state index contributed by atoms with van der Waals surface area (Å²) in [5, 5.41) is 6.96. The number of carbonyl (C=O) groups is 1. The van der Waals surface area contributed by atoms with E-state index < -0.39 is 23.7 Å². The molecule has 0 spiro atoms. The number of aryl methyl sites for hydroxylation is 1. The van der Waals surface area contributed by atoms with E-state index in [0.717, 1.165) is 12.1 Å². The minimum atomic E-state index is -4.54. The van der Waals surface area contributed by atoms with Gasteiger partial charge in [0.2, 0.25) is 0 Å². The second kappa shape index (κ2) is 7.86. The van der Waals surface area contributed by atoms with Gasteiger partial charge >= 0.3 is 6.18 Å². The molecule has 0 radical (unpaired) electrons. The van der Waals surface area contributed by atoms with Crippen LogP contribution in [-0.2, 0) is 6.18 Å². The molecule has 29 heavy (non-hydrogen) atoms. The van der Waals surface area contributed by atoms with Crippen LogP contribution >= 0.6 is 0 Å². The Labute approximate surface area is 165 Å². The molecule has 0 fully saturated rings. The Morgan fingerprint density at radius 3 is 2.66 bits per heavy atom. The maximum Gasteiger partial charge on any atom is 0.416 e. The van der Waals surface area contributed by atoms with Gasteiger partial charge in [-0.3, -0.25) is 4.79 Å². The van der Waals surface area contributed by atoms with Gasteiger partial charge in [0.05, 0.1) is 11.6 Å². The molecule has 1 atom stereocenters. The fourth-order valence-corrected chi connectivity index (χ4v) is 2.78. The van der Waals surface area contributed by atoms with Crippen molar-refractivity contribution in [1.29, 1.82) is 0 Å². The summed E-state index contributed by atoms with van der Waals surface area (Å²) in [5.74, 6) is 0.541. The Hall–Kier alpha value is -3.49. The van der Waals surface area contributed by atoms with Gasteiger partial charge < -0.3 is 5.32 Å². The summed E-state index contributed by atoms with van der Waals surface area (Å²) in [6.45, 7) is 6.80. The molecule has 0 aliphatic rings. The Balaban J connectivity index is 1.90. The van der Waals surface area contributed by atoms with E-state index in [1.165, 1.54) is 23.7 Å². The molecule has 0 saturated heterocycles. The van der Waals surface area contributed by atoms with Gasteiger partial charge in [0, 0.05) is 11.8 Å². The van der Waals surface area contributed by atoms with E-state index in [4.69, 9.17) is 0 Å². The van der Waals surface area contributed by atoms with Gasteiger partial charge in [0.15, 0.2) is 17.5 Å². The molecule has 150 valence electrons. The van der Waals surface area contributed by atoms with Crippen molar-refractivity contribution in [1.82, 2.24) is 25.1 Å². The smallest absolute Gasteiger partial charge is 0.342 e. The number of halogens is 3. The van der Waals surface area contributed by atoms with Crippen LogP contribution < -0.4 is 5.32 Å². The number of benzene rings is 1. The first kappa shape index (κ1) is 20.2. The second-order valence-corrected chi connectivity index (χ2v) is 6.41. The number of pyridine rings is 1. The van der Waals surface area contributed by atoms with Crippen molar-refractivity contribution in [2.75, 3.05) is 0 Å². The summed E-state index contributed by atoms with van der Waals surface area (Å²) in [7, 11) is 0. The van der Waals surface area contributed by atoms with Gasteiger partial charge in [0.25, 0.3) is 5.91 Å². The fraction of sp³-hybridized carbons (Fsp3) is 0.200. The van der Waals surface area contributed by atoms with Crippen molar-refractivity contribution in [2.45, 2.75) is 26.1 Å². The highest BCUT2D eigenvalue weighted by Gasteiger charge is 2.31. The van der Waals surface area contributed by atoms with E-state index in [9.17, 15) is 18.0 Å². The highest BCUT2D eigenvalue weighted by Crippen LogP contribution is 2.30. The van der Waals surface area contributed by atoms with Gasteiger partial charge in [-0.25, -0.2) is 9.97 Å². The van der Waals surface area contributed by atoms with Crippen LogP contribution in [0, 0.1) is 6.92 Å². The summed E-state index contributed by atoms with van der Waals surface area (Å²) in [5.41, 5.74) is -0.624. The molecule has 0 aliphatic carbocycles. The molecule has 2 heterocycles. The molecule has 1 aromatic carbocycles. The standard InChI is InChI=1S/C20H18F3N5O/c1-4-16-26-18(28(27-16)17-7-5-6-8-24-17)13(3)25-19(29)14-9-12(2)10-15(11-14)20(21,22)23/h4-11,13H,1H2,2-3H3,(H,25,29). The van der Waals surface area contributed by atoms with Crippen LogP contribution in [0.15, 0.2) is 49.2 Å². The maximum absolute atomic E-state index is 13.1. The highest BCUT2D eigenvalue weighted by atomic mass is 19.4. The molecule has 6 nitrogen and oxygen atoms in total. The lowest BCUT2D eigenvalue weighted by atomic mass is 10.1. The summed E-state index contributed by atoms with van der Waals surface area (Å²) >= 11 is 0. The van der Waals surface area contributed by atoms with E-state index in [1.54, 1.807) is 31.3 Å². The largest absolute Gasteiger partial charge is 0.416 e. The lowest BCUT2D eigenvalue weighted by Crippen LogP contribution is -2.29. The predicted octanol–water partition coefficient (Wildman–Crippen LogP) is 4.12. The molecule has 1 N–H and O–H groups in total. The number of nitrogens with one attached hydrogen (secondary N) is 1. The summed E-state index contributed by atoms with van der Waals surface area (Å²) in [4.78, 5) is 21.2. The molecule has 0 bridgehead atoms. The molecule has 1 unspecified atom stereocenters. The number of hydrogen-bond donors (Lipinski definition) is 1. The minimum absolute atomic E-state index is 0.0861. The fourth-order valence-electron chi connectivity index (χ4n) is 2.78. The van der Waals surface area contributed by atoms with Gasteiger partial charge in [-0.2, -0.15) is 17.9 Å². The van der Waals surface area contributed by atoms with Crippen LogP contribution in [0.2, 0.25) is 0 Å². The van der Waals surface area contributed by atoms with E-state index in [-0.39, 0.29) is 5.56 Å². The summed E-state index contributed by atoms with van der Waals surface area (Å²) in [6, 6.07) is 7.81.